The van der Waals surface area contributed by atoms with Crippen LogP contribution in [0.5, 0.6) is 0 Å². The minimum Gasteiger partial charge on any atom is -0.340 e. The number of para-hydroxylation sites is 2. The molecule has 0 saturated heterocycles. The van der Waals surface area contributed by atoms with E-state index >= 15 is 0 Å². The van der Waals surface area contributed by atoms with Gasteiger partial charge in [-0.05, 0) is 72.2 Å². The summed E-state index contributed by atoms with van der Waals surface area (Å²) in [6, 6.07) is 32.4. The molecule has 0 N–H and O–H groups in total. The predicted molar refractivity (Wildman–Crippen MR) is 184 cm³/mol. The lowest BCUT2D eigenvalue weighted by Gasteiger charge is -2.17. The average molecular weight is 557 g/mol. The normalized spacial score (nSPS) is 13.5. The highest BCUT2D eigenvalue weighted by Crippen LogP contribution is 2.37. The van der Waals surface area contributed by atoms with E-state index in [9.17, 15) is 0 Å². The summed E-state index contributed by atoms with van der Waals surface area (Å²) in [5.41, 5.74) is 8.07. The Morgan fingerprint density at radius 2 is 0.881 bits per heavy atom. The van der Waals surface area contributed by atoms with E-state index in [4.69, 9.17) is 0 Å². The van der Waals surface area contributed by atoms with E-state index in [0.29, 0.717) is 0 Å². The van der Waals surface area contributed by atoms with Crippen LogP contribution in [0.25, 0.3) is 54.7 Å². The number of rotatable bonds is 13. The molecule has 6 aromatic rings. The van der Waals surface area contributed by atoms with Crippen molar-refractivity contribution in [3.63, 3.8) is 0 Å². The van der Waals surface area contributed by atoms with Gasteiger partial charge in [-0.25, -0.2) is 0 Å². The van der Waals surface area contributed by atoms with Crippen LogP contribution < -0.4 is 0 Å². The van der Waals surface area contributed by atoms with E-state index in [1.165, 1.54) is 106 Å². The fraction of sp³-hybridized carbons (Fsp3) is 0.400. The van der Waals surface area contributed by atoms with Gasteiger partial charge in [-0.15, -0.1) is 0 Å². The van der Waals surface area contributed by atoms with E-state index < -0.39 is 0 Å². The molecule has 2 atom stereocenters. The fourth-order valence-corrected chi connectivity index (χ4v) is 7.21. The van der Waals surface area contributed by atoms with Gasteiger partial charge in [-0.2, -0.15) is 0 Å². The molecule has 0 saturated carbocycles. The Labute approximate surface area is 252 Å². The lowest BCUT2D eigenvalue weighted by Crippen LogP contribution is -2.10. The van der Waals surface area contributed by atoms with E-state index in [-0.39, 0.29) is 0 Å². The van der Waals surface area contributed by atoms with Gasteiger partial charge in [0.1, 0.15) is 0 Å². The summed E-state index contributed by atoms with van der Waals surface area (Å²) >= 11 is 0. The number of hydrogen-bond donors (Lipinski definition) is 0. The van der Waals surface area contributed by atoms with E-state index in [2.05, 4.69) is 122 Å². The van der Waals surface area contributed by atoms with Crippen molar-refractivity contribution in [3.8, 4) is 11.1 Å². The average Bonchev–Trinajstić information content (AvgIpc) is 3.52. The topological polar surface area (TPSA) is 9.86 Å². The van der Waals surface area contributed by atoms with Crippen LogP contribution in [0.15, 0.2) is 84.9 Å². The van der Waals surface area contributed by atoms with Crippen LogP contribution >= 0.6 is 0 Å². The summed E-state index contributed by atoms with van der Waals surface area (Å²) < 4.78 is 5.19. The molecule has 0 aliphatic rings. The summed E-state index contributed by atoms with van der Waals surface area (Å²) in [5, 5.41) is 5.49. The first-order valence-electron chi connectivity index (χ1n) is 16.7. The van der Waals surface area contributed by atoms with E-state index in [1.54, 1.807) is 0 Å². The van der Waals surface area contributed by atoms with Crippen LogP contribution in [0.3, 0.4) is 0 Å². The number of hydrogen-bond acceptors (Lipinski definition) is 0. The van der Waals surface area contributed by atoms with Crippen LogP contribution in [-0.2, 0) is 13.1 Å². The smallest absolute Gasteiger partial charge is 0.0491 e. The van der Waals surface area contributed by atoms with Crippen molar-refractivity contribution in [2.24, 2.45) is 11.8 Å². The molecule has 2 heteroatoms. The van der Waals surface area contributed by atoms with Gasteiger partial charge >= 0.3 is 0 Å². The van der Waals surface area contributed by atoms with Gasteiger partial charge in [0.15, 0.2) is 0 Å². The van der Waals surface area contributed by atoms with Crippen molar-refractivity contribution in [1.29, 1.82) is 0 Å². The summed E-state index contributed by atoms with van der Waals surface area (Å²) in [7, 11) is 0. The maximum Gasteiger partial charge on any atom is 0.0491 e. The molecular weight excluding hydrogens is 508 g/mol. The number of nitrogens with zero attached hydrogens (tertiary/aromatic N) is 2. The molecule has 0 aliphatic carbocycles. The highest BCUT2D eigenvalue weighted by Gasteiger charge is 2.17. The lowest BCUT2D eigenvalue weighted by molar-refractivity contribution is 0.401. The molecule has 4 aromatic carbocycles. The minimum atomic E-state index is 0.720. The maximum atomic E-state index is 2.60. The monoisotopic (exact) mass is 556 g/mol. The molecule has 0 aliphatic heterocycles. The number of unbranched alkanes of at least 4 members (excludes halogenated alkanes) is 2. The Morgan fingerprint density at radius 3 is 1.29 bits per heavy atom. The van der Waals surface area contributed by atoms with Gasteiger partial charge in [0.25, 0.3) is 0 Å². The Balaban J connectivity index is 1.43. The van der Waals surface area contributed by atoms with Crippen molar-refractivity contribution < 1.29 is 0 Å². The summed E-state index contributed by atoms with van der Waals surface area (Å²) in [6.45, 7) is 11.5. The molecule has 0 unspecified atom stereocenters. The highest BCUT2D eigenvalue weighted by molar-refractivity contribution is 6.11. The van der Waals surface area contributed by atoms with Gasteiger partial charge in [-0.1, -0.05) is 115 Å². The molecule has 2 heterocycles. The third-order valence-corrected chi connectivity index (χ3v) is 9.85. The van der Waals surface area contributed by atoms with Crippen LogP contribution in [0.4, 0.5) is 0 Å². The van der Waals surface area contributed by atoms with Gasteiger partial charge in [0.05, 0.1) is 0 Å². The molecule has 218 valence electrons. The maximum absolute atomic E-state index is 2.60. The van der Waals surface area contributed by atoms with Gasteiger partial charge in [0, 0.05) is 56.7 Å². The zero-order valence-electron chi connectivity index (χ0n) is 26.2. The number of benzene rings is 4. The number of fused-ring (bicyclic) bond motifs is 6. The van der Waals surface area contributed by atoms with Crippen molar-refractivity contribution in [3.05, 3.63) is 84.9 Å². The largest absolute Gasteiger partial charge is 0.340 e. The van der Waals surface area contributed by atoms with Gasteiger partial charge in [0.2, 0.25) is 0 Å². The SMILES string of the molecule is CCCC[C@@H](CC)Cn1c2ccccc2c2cc(-c3ccc4c(c3)c3ccccc3n4C[C@H](CC)CCCC)ccc21. The van der Waals surface area contributed by atoms with Crippen LogP contribution in [0.1, 0.15) is 79.1 Å². The third-order valence-electron chi connectivity index (χ3n) is 9.85. The fourth-order valence-electron chi connectivity index (χ4n) is 7.21. The molecule has 42 heavy (non-hydrogen) atoms. The Morgan fingerprint density at radius 1 is 0.476 bits per heavy atom. The minimum absolute atomic E-state index is 0.720. The van der Waals surface area contributed by atoms with Crippen molar-refractivity contribution in [2.75, 3.05) is 0 Å². The van der Waals surface area contributed by atoms with Crippen LogP contribution in [-0.4, -0.2) is 9.13 Å². The Bertz CT molecular complexity index is 1670. The zero-order valence-corrected chi connectivity index (χ0v) is 26.2. The molecule has 0 amide bonds. The molecule has 2 nitrogen and oxygen atoms in total. The second kappa shape index (κ2) is 12.8. The zero-order chi connectivity index (χ0) is 29.1. The predicted octanol–water partition coefficient (Wildman–Crippen LogP) is 12.0. The Hall–Kier alpha value is -3.52. The number of aromatic nitrogens is 2. The Kier molecular flexibility index (Phi) is 8.70. The van der Waals surface area contributed by atoms with Crippen molar-refractivity contribution in [1.82, 2.24) is 9.13 Å². The molecular formula is C40H48N2. The van der Waals surface area contributed by atoms with Crippen molar-refractivity contribution >= 4 is 43.6 Å². The summed E-state index contributed by atoms with van der Waals surface area (Å²) in [5.74, 6) is 1.44. The molecule has 2 aromatic heterocycles. The standard InChI is InChI=1S/C40H48N2/c1-5-9-15-29(7-3)27-41-37-19-13-11-17-33(37)35-25-31(21-23-39(35)41)32-22-24-40-36(26-32)34-18-12-14-20-38(34)42(40)28-30(8-4)16-10-6-2/h11-14,17-26,29-30H,5-10,15-16,27-28H2,1-4H3/t29-,30-/m1/s1. The van der Waals surface area contributed by atoms with Crippen LogP contribution in [0.2, 0.25) is 0 Å². The summed E-state index contributed by atoms with van der Waals surface area (Å²) in [6.07, 6.45) is 10.3. The molecule has 0 fully saturated rings. The van der Waals surface area contributed by atoms with Crippen LogP contribution in [0, 0.1) is 11.8 Å². The van der Waals surface area contributed by atoms with E-state index in [1.807, 2.05) is 0 Å². The van der Waals surface area contributed by atoms with Crippen molar-refractivity contribution in [2.45, 2.75) is 92.2 Å². The third kappa shape index (κ3) is 5.37. The lowest BCUT2D eigenvalue weighted by atomic mass is 9.99. The molecule has 0 radical (unpaired) electrons. The quantitative estimate of drug-likeness (QED) is 0.134. The molecule has 0 spiro atoms. The first-order valence-corrected chi connectivity index (χ1v) is 16.7. The second-order valence-corrected chi connectivity index (χ2v) is 12.6. The summed E-state index contributed by atoms with van der Waals surface area (Å²) in [4.78, 5) is 0. The first kappa shape index (κ1) is 28.6. The first-order chi connectivity index (χ1) is 20.7. The second-order valence-electron chi connectivity index (χ2n) is 12.6. The van der Waals surface area contributed by atoms with Gasteiger partial charge in [-0.3, -0.25) is 0 Å². The van der Waals surface area contributed by atoms with Gasteiger partial charge < -0.3 is 9.13 Å². The molecule has 0 bridgehead atoms. The van der Waals surface area contributed by atoms with E-state index in [0.717, 1.165) is 24.9 Å². The highest BCUT2D eigenvalue weighted by atomic mass is 15.0. The molecule has 6 rings (SSSR count).